The second kappa shape index (κ2) is 6.49. The third-order valence-corrected chi connectivity index (χ3v) is 3.24. The van der Waals surface area contributed by atoms with Crippen LogP contribution in [-0.4, -0.2) is 21.0 Å². The monoisotopic (exact) mass is 294 g/mol. The third kappa shape index (κ3) is 3.55. The summed E-state index contributed by atoms with van der Waals surface area (Å²) in [6.07, 6.45) is 4.41. The number of imidazole rings is 1. The summed E-state index contributed by atoms with van der Waals surface area (Å²) in [7, 11) is 1.94. The number of rotatable bonds is 6. The predicted molar refractivity (Wildman–Crippen MR) is 76.7 cm³/mol. The summed E-state index contributed by atoms with van der Waals surface area (Å²) >= 11 is 5.77. The Kier molecular flexibility index (Phi) is 4.70. The molecule has 20 heavy (non-hydrogen) atoms. The van der Waals surface area contributed by atoms with Crippen LogP contribution in [0.5, 0.6) is 0 Å². The fourth-order valence-electron chi connectivity index (χ4n) is 1.92. The second-order valence-electron chi connectivity index (χ2n) is 4.41. The number of nitro benzene ring substituents is 1. The van der Waals surface area contributed by atoms with Crippen LogP contribution in [0.3, 0.4) is 0 Å². The average molecular weight is 295 g/mol. The fraction of sp³-hybridized carbons (Fsp3) is 0.308. The van der Waals surface area contributed by atoms with Gasteiger partial charge in [-0.05, 0) is 12.1 Å². The van der Waals surface area contributed by atoms with Crippen molar-refractivity contribution in [3.8, 4) is 0 Å². The van der Waals surface area contributed by atoms with Gasteiger partial charge in [-0.1, -0.05) is 11.6 Å². The maximum Gasteiger partial charge on any atom is 0.275 e. The minimum Gasteiger partial charge on any atom is -0.338 e. The molecule has 0 aliphatic rings. The van der Waals surface area contributed by atoms with Crippen molar-refractivity contribution in [3.05, 3.63) is 57.1 Å². The van der Waals surface area contributed by atoms with Crippen LogP contribution >= 0.6 is 11.6 Å². The van der Waals surface area contributed by atoms with E-state index >= 15 is 0 Å². The lowest BCUT2D eigenvalue weighted by molar-refractivity contribution is -0.385. The minimum absolute atomic E-state index is 0.0435. The molecule has 0 fully saturated rings. The molecule has 0 unspecified atom stereocenters. The van der Waals surface area contributed by atoms with Crippen molar-refractivity contribution in [2.45, 2.75) is 13.0 Å². The Morgan fingerprint density at radius 1 is 1.50 bits per heavy atom. The van der Waals surface area contributed by atoms with Crippen molar-refractivity contribution >= 4 is 17.3 Å². The molecule has 0 saturated heterocycles. The van der Waals surface area contributed by atoms with Gasteiger partial charge < -0.3 is 9.88 Å². The van der Waals surface area contributed by atoms with Crippen molar-refractivity contribution < 1.29 is 4.92 Å². The molecule has 1 heterocycles. The zero-order valence-corrected chi connectivity index (χ0v) is 11.8. The standard InChI is InChI=1S/C13H15ClN4O2/c1-17-7-6-16-13(17)4-5-15-9-10-2-3-11(14)8-12(10)18(19)20/h2-3,6-8,15H,4-5,9H2,1H3. The zero-order chi connectivity index (χ0) is 14.5. The first-order valence-corrected chi connectivity index (χ1v) is 6.55. The molecular weight excluding hydrogens is 280 g/mol. The van der Waals surface area contributed by atoms with E-state index in [2.05, 4.69) is 10.3 Å². The van der Waals surface area contributed by atoms with Gasteiger partial charge in [0.25, 0.3) is 5.69 Å². The van der Waals surface area contributed by atoms with E-state index in [1.54, 1.807) is 18.3 Å². The summed E-state index contributed by atoms with van der Waals surface area (Å²) in [5, 5.41) is 14.5. The molecule has 0 saturated carbocycles. The molecule has 1 aromatic heterocycles. The molecule has 1 aromatic carbocycles. The molecule has 0 aliphatic carbocycles. The Morgan fingerprint density at radius 3 is 2.95 bits per heavy atom. The molecule has 1 N–H and O–H groups in total. The van der Waals surface area contributed by atoms with Gasteiger partial charge in [0.05, 0.1) is 4.92 Å². The van der Waals surface area contributed by atoms with Crippen LogP contribution in [0.2, 0.25) is 5.02 Å². The van der Waals surface area contributed by atoms with Crippen molar-refractivity contribution in [1.29, 1.82) is 0 Å². The highest BCUT2D eigenvalue weighted by molar-refractivity contribution is 6.30. The van der Waals surface area contributed by atoms with E-state index in [0.717, 1.165) is 12.2 Å². The van der Waals surface area contributed by atoms with Crippen molar-refractivity contribution in [3.63, 3.8) is 0 Å². The summed E-state index contributed by atoms with van der Waals surface area (Å²) in [6, 6.07) is 4.70. The number of hydrogen-bond acceptors (Lipinski definition) is 4. The largest absolute Gasteiger partial charge is 0.338 e. The summed E-state index contributed by atoms with van der Waals surface area (Å²) in [4.78, 5) is 14.7. The highest BCUT2D eigenvalue weighted by Gasteiger charge is 2.13. The SMILES string of the molecule is Cn1ccnc1CCNCc1ccc(Cl)cc1[N+](=O)[O-]. The molecule has 6 nitrogen and oxygen atoms in total. The van der Waals surface area contributed by atoms with Crippen molar-refractivity contribution in [1.82, 2.24) is 14.9 Å². The van der Waals surface area contributed by atoms with Gasteiger partial charge in [0.2, 0.25) is 0 Å². The molecule has 2 aromatic rings. The Morgan fingerprint density at radius 2 is 2.30 bits per heavy atom. The first-order chi connectivity index (χ1) is 9.58. The molecule has 0 spiro atoms. The van der Waals surface area contributed by atoms with Gasteiger partial charge in [0.15, 0.2) is 0 Å². The molecule has 106 valence electrons. The number of nitrogens with zero attached hydrogens (tertiary/aromatic N) is 3. The number of aromatic nitrogens is 2. The number of nitro groups is 1. The van der Waals surface area contributed by atoms with Crippen LogP contribution in [0.4, 0.5) is 5.69 Å². The predicted octanol–water partition coefficient (Wildman–Crippen LogP) is 2.31. The van der Waals surface area contributed by atoms with Crippen LogP contribution in [0.25, 0.3) is 0 Å². The maximum absolute atomic E-state index is 10.9. The topological polar surface area (TPSA) is 73.0 Å². The smallest absolute Gasteiger partial charge is 0.275 e. The lowest BCUT2D eigenvalue weighted by Crippen LogP contribution is -2.18. The Bertz CT molecular complexity index is 612. The fourth-order valence-corrected chi connectivity index (χ4v) is 2.08. The Balaban J connectivity index is 1.91. The first-order valence-electron chi connectivity index (χ1n) is 6.17. The Hall–Kier alpha value is -1.92. The quantitative estimate of drug-likeness (QED) is 0.504. The molecule has 0 radical (unpaired) electrons. The van der Waals surface area contributed by atoms with E-state index in [0.29, 0.717) is 23.7 Å². The Labute approximate surface area is 121 Å². The summed E-state index contributed by atoms with van der Waals surface area (Å²) in [5.41, 5.74) is 0.668. The van der Waals surface area contributed by atoms with E-state index in [4.69, 9.17) is 11.6 Å². The van der Waals surface area contributed by atoms with Gasteiger partial charge in [-0.15, -0.1) is 0 Å². The van der Waals surface area contributed by atoms with Gasteiger partial charge in [0.1, 0.15) is 5.82 Å². The summed E-state index contributed by atoms with van der Waals surface area (Å²) in [6.45, 7) is 1.13. The number of aryl methyl sites for hydroxylation is 1. The van der Waals surface area contributed by atoms with Gasteiger partial charge in [-0.25, -0.2) is 4.98 Å². The molecular formula is C13H15ClN4O2. The number of benzene rings is 1. The lowest BCUT2D eigenvalue weighted by atomic mass is 10.2. The average Bonchev–Trinajstić information content (AvgIpc) is 2.81. The molecule has 0 amide bonds. The molecule has 2 rings (SSSR count). The molecule has 0 atom stereocenters. The number of hydrogen-bond donors (Lipinski definition) is 1. The molecule has 0 bridgehead atoms. The second-order valence-corrected chi connectivity index (χ2v) is 4.85. The van der Waals surface area contributed by atoms with Gasteiger partial charge in [-0.2, -0.15) is 0 Å². The van der Waals surface area contributed by atoms with Crippen molar-refractivity contribution in [2.24, 2.45) is 7.05 Å². The van der Waals surface area contributed by atoms with Gasteiger partial charge in [-0.3, -0.25) is 10.1 Å². The van der Waals surface area contributed by atoms with Crippen molar-refractivity contribution in [2.75, 3.05) is 6.54 Å². The zero-order valence-electron chi connectivity index (χ0n) is 11.0. The van der Waals surface area contributed by atoms with E-state index in [1.807, 2.05) is 17.8 Å². The van der Waals surface area contributed by atoms with Gasteiger partial charge in [0, 0.05) is 55.6 Å². The van der Waals surface area contributed by atoms with E-state index < -0.39 is 4.92 Å². The number of nitrogens with one attached hydrogen (secondary N) is 1. The van der Waals surface area contributed by atoms with Crippen LogP contribution in [0, 0.1) is 10.1 Å². The summed E-state index contributed by atoms with van der Waals surface area (Å²) < 4.78 is 1.95. The van der Waals surface area contributed by atoms with E-state index in [9.17, 15) is 10.1 Å². The molecule has 0 aliphatic heterocycles. The molecule has 7 heteroatoms. The first kappa shape index (κ1) is 14.5. The van der Waals surface area contributed by atoms with Gasteiger partial charge >= 0.3 is 0 Å². The van der Waals surface area contributed by atoms with E-state index in [1.165, 1.54) is 6.07 Å². The summed E-state index contributed by atoms with van der Waals surface area (Å²) in [5.74, 6) is 0.975. The van der Waals surface area contributed by atoms with Crippen LogP contribution in [-0.2, 0) is 20.0 Å². The van der Waals surface area contributed by atoms with E-state index in [-0.39, 0.29) is 5.69 Å². The normalized spacial score (nSPS) is 10.7. The minimum atomic E-state index is -0.415. The third-order valence-electron chi connectivity index (χ3n) is 3.01. The number of halogens is 1. The highest BCUT2D eigenvalue weighted by Crippen LogP contribution is 2.22. The highest BCUT2D eigenvalue weighted by atomic mass is 35.5. The van der Waals surface area contributed by atoms with Crippen LogP contribution in [0.15, 0.2) is 30.6 Å². The lowest BCUT2D eigenvalue weighted by Gasteiger charge is -2.06. The van der Waals surface area contributed by atoms with Crippen LogP contribution in [0.1, 0.15) is 11.4 Å². The maximum atomic E-state index is 10.9. The van der Waals surface area contributed by atoms with Crippen LogP contribution < -0.4 is 5.32 Å².